The van der Waals surface area contributed by atoms with E-state index in [-0.39, 0.29) is 10.8 Å². The lowest BCUT2D eigenvalue weighted by Gasteiger charge is -2.22. The van der Waals surface area contributed by atoms with E-state index in [1.165, 1.54) is 143 Å². The molecule has 0 fully saturated rings. The molecule has 18 rings (SSSR count). The van der Waals surface area contributed by atoms with Gasteiger partial charge in [0.05, 0.1) is 44.1 Å². The maximum atomic E-state index is 2.56. The Hall–Kier alpha value is -10.2. The van der Waals surface area contributed by atoms with Crippen molar-refractivity contribution in [2.45, 2.75) is 38.5 Å². The van der Waals surface area contributed by atoms with Crippen LogP contribution in [0, 0.1) is 0 Å². The first-order valence-corrected chi connectivity index (χ1v) is 28.8. The topological polar surface area (TPSA) is 19.7 Å². The third-order valence-electron chi connectivity index (χ3n) is 19.1. The van der Waals surface area contributed by atoms with Crippen molar-refractivity contribution in [1.29, 1.82) is 0 Å². The van der Waals surface area contributed by atoms with Crippen molar-refractivity contribution in [2.75, 3.05) is 0 Å². The van der Waals surface area contributed by atoms with Gasteiger partial charge in [-0.3, -0.25) is 0 Å². The van der Waals surface area contributed by atoms with E-state index in [1.54, 1.807) is 0 Å². The second-order valence-corrected chi connectivity index (χ2v) is 24.0. The van der Waals surface area contributed by atoms with E-state index in [0.717, 1.165) is 22.7 Å². The van der Waals surface area contributed by atoms with Gasteiger partial charge in [-0.25, -0.2) is 0 Å². The Kier molecular flexibility index (Phi) is 9.05. The lowest BCUT2D eigenvalue weighted by Crippen LogP contribution is -2.15. The summed E-state index contributed by atoms with van der Waals surface area (Å²) in [6.07, 6.45) is 0. The Balaban J connectivity index is 0.799. The molecule has 0 unspecified atom stereocenters. The van der Waals surface area contributed by atoms with Crippen LogP contribution in [0.3, 0.4) is 0 Å². The highest BCUT2D eigenvalue weighted by molar-refractivity contribution is 6.21. The molecular weight excluding hydrogens is 993 g/mol. The van der Waals surface area contributed by atoms with E-state index in [1.807, 2.05) is 0 Å². The fourth-order valence-corrected chi connectivity index (χ4v) is 15.6. The van der Waals surface area contributed by atoms with Crippen molar-refractivity contribution >= 4 is 87.2 Å². The summed E-state index contributed by atoms with van der Waals surface area (Å²) in [4.78, 5) is 0. The number of fused-ring (bicyclic) bond motifs is 20. The van der Waals surface area contributed by atoms with Crippen molar-refractivity contribution in [3.8, 4) is 56.1 Å². The molecule has 82 heavy (non-hydrogen) atoms. The standard InChI is InChI=1S/C78H54N4/c1-77(2)63-26-12-6-22-58(63)73-64(77)43-41-60-72-52(24-17-31-70(72)82(76(60)73)51-39-37-48(38-40-51)79-65-27-13-7-19-54(65)55-20-8-14-28-66(55)79)47-32-44-69-61(46-47)56-21-9-15-29-67(56)80(69)49-33-35-50(36-34-49)81-68-30-16-10-23-59(68)74-71(81)45-42-57-53-18-5-11-25-62(53)78(3,4)75(57)74/h5-46H,1-4H3. The molecule has 0 atom stereocenters. The van der Waals surface area contributed by atoms with Crippen LogP contribution in [0.25, 0.3) is 143 Å². The van der Waals surface area contributed by atoms with Gasteiger partial charge in [0.15, 0.2) is 0 Å². The summed E-state index contributed by atoms with van der Waals surface area (Å²) >= 11 is 0. The minimum absolute atomic E-state index is 0.125. The van der Waals surface area contributed by atoms with Crippen LogP contribution >= 0.6 is 0 Å². The number of rotatable bonds is 5. The molecule has 0 N–H and O–H groups in total. The van der Waals surface area contributed by atoms with Crippen molar-refractivity contribution in [3.63, 3.8) is 0 Å². The molecule has 4 heterocycles. The van der Waals surface area contributed by atoms with Crippen LogP contribution in [0.2, 0.25) is 0 Å². The number of hydrogen-bond acceptors (Lipinski definition) is 0. The van der Waals surface area contributed by atoms with E-state index in [9.17, 15) is 0 Å². The molecule has 12 aromatic carbocycles. The molecule has 4 heteroatoms. The van der Waals surface area contributed by atoms with Gasteiger partial charge in [-0.1, -0.05) is 185 Å². The van der Waals surface area contributed by atoms with Crippen molar-refractivity contribution in [3.05, 3.63) is 277 Å². The molecule has 2 aliphatic carbocycles. The number of para-hydroxylation sites is 4. The van der Waals surface area contributed by atoms with Crippen LogP contribution in [-0.4, -0.2) is 18.3 Å². The largest absolute Gasteiger partial charge is 0.309 e. The zero-order valence-corrected chi connectivity index (χ0v) is 46.0. The predicted octanol–water partition coefficient (Wildman–Crippen LogP) is 20.4. The molecule has 2 aliphatic rings. The molecule has 0 amide bonds. The highest BCUT2D eigenvalue weighted by atomic mass is 15.0. The molecule has 386 valence electrons. The smallest absolute Gasteiger partial charge is 0.0622 e. The third kappa shape index (κ3) is 5.90. The molecule has 0 saturated carbocycles. The van der Waals surface area contributed by atoms with E-state index >= 15 is 0 Å². The van der Waals surface area contributed by atoms with Gasteiger partial charge in [0.25, 0.3) is 0 Å². The maximum Gasteiger partial charge on any atom is 0.0622 e. The Labute approximate surface area is 474 Å². The molecule has 0 radical (unpaired) electrons. The first-order chi connectivity index (χ1) is 40.2. The lowest BCUT2D eigenvalue weighted by molar-refractivity contribution is 0.661. The van der Waals surface area contributed by atoms with Crippen LogP contribution in [0.4, 0.5) is 0 Å². The van der Waals surface area contributed by atoms with Crippen molar-refractivity contribution in [1.82, 2.24) is 18.3 Å². The molecule has 0 saturated heterocycles. The molecule has 0 aliphatic heterocycles. The van der Waals surface area contributed by atoms with Crippen LogP contribution in [0.15, 0.2) is 255 Å². The van der Waals surface area contributed by atoms with Gasteiger partial charge < -0.3 is 18.3 Å². The number of benzene rings is 12. The summed E-state index contributed by atoms with van der Waals surface area (Å²) < 4.78 is 9.89. The van der Waals surface area contributed by atoms with Gasteiger partial charge in [-0.05, 0) is 147 Å². The highest BCUT2D eigenvalue weighted by Gasteiger charge is 2.39. The van der Waals surface area contributed by atoms with Gasteiger partial charge >= 0.3 is 0 Å². The monoisotopic (exact) mass is 1050 g/mol. The Morgan fingerprint density at radius 1 is 0.256 bits per heavy atom. The van der Waals surface area contributed by atoms with Crippen LogP contribution in [0.1, 0.15) is 49.9 Å². The summed E-state index contributed by atoms with van der Waals surface area (Å²) in [5.74, 6) is 0. The van der Waals surface area contributed by atoms with E-state index in [2.05, 4.69) is 301 Å². The van der Waals surface area contributed by atoms with Gasteiger partial charge in [-0.15, -0.1) is 0 Å². The maximum absolute atomic E-state index is 2.56. The highest BCUT2D eigenvalue weighted by Crippen LogP contribution is 2.55. The fraction of sp³-hybridized carbons (Fsp3) is 0.0769. The molecular formula is C78H54N4. The zero-order chi connectivity index (χ0) is 54.3. The second kappa shape index (κ2) is 16.2. The summed E-state index contributed by atoms with van der Waals surface area (Å²) in [5.41, 5.74) is 27.3. The van der Waals surface area contributed by atoms with Crippen LogP contribution < -0.4 is 0 Å². The quantitative estimate of drug-likeness (QED) is 0.164. The van der Waals surface area contributed by atoms with Crippen LogP contribution in [-0.2, 0) is 10.8 Å². The minimum atomic E-state index is -0.152. The summed E-state index contributed by atoms with van der Waals surface area (Å²) in [6, 6.07) is 95.6. The SMILES string of the molecule is CC1(C)c2ccccc2-c2c1ccc1c3c(-c4ccc5c(c4)c4ccccc4n5-c4ccc(-n5c6ccccc6c6c7c(ccc65)-c5ccccc5C7(C)C)cc4)cccc3n(-c3ccc(-n4c5ccccc5c5ccccc54)cc3)c21. The third-order valence-corrected chi connectivity index (χ3v) is 19.1. The average Bonchev–Trinajstić information content (AvgIpc) is 1.86. The second-order valence-electron chi connectivity index (χ2n) is 24.0. The molecule has 4 aromatic heterocycles. The number of hydrogen-bond donors (Lipinski definition) is 0. The van der Waals surface area contributed by atoms with Crippen LogP contribution in [0.5, 0.6) is 0 Å². The lowest BCUT2D eigenvalue weighted by atomic mass is 9.80. The summed E-state index contributed by atoms with van der Waals surface area (Å²) in [6.45, 7) is 9.56. The average molecular weight is 1050 g/mol. The Morgan fingerprint density at radius 2 is 0.695 bits per heavy atom. The van der Waals surface area contributed by atoms with Gasteiger partial charge in [0.2, 0.25) is 0 Å². The summed E-state index contributed by atoms with van der Waals surface area (Å²) in [7, 11) is 0. The molecule has 0 spiro atoms. The first-order valence-electron chi connectivity index (χ1n) is 28.8. The summed E-state index contributed by atoms with van der Waals surface area (Å²) in [5, 5.41) is 10.2. The van der Waals surface area contributed by atoms with Gasteiger partial charge in [0, 0.05) is 82.2 Å². The van der Waals surface area contributed by atoms with Gasteiger partial charge in [0.1, 0.15) is 0 Å². The first kappa shape index (κ1) is 45.7. The zero-order valence-electron chi connectivity index (χ0n) is 46.0. The number of nitrogens with zero attached hydrogens (tertiary/aromatic N) is 4. The van der Waals surface area contributed by atoms with Crippen molar-refractivity contribution in [2.24, 2.45) is 0 Å². The fourth-order valence-electron chi connectivity index (χ4n) is 15.6. The van der Waals surface area contributed by atoms with E-state index in [4.69, 9.17) is 0 Å². The Bertz CT molecular complexity index is 5380. The molecule has 16 aromatic rings. The van der Waals surface area contributed by atoms with Crippen molar-refractivity contribution < 1.29 is 0 Å². The number of aromatic nitrogens is 4. The molecule has 4 nitrogen and oxygen atoms in total. The Morgan fingerprint density at radius 3 is 1.32 bits per heavy atom. The van der Waals surface area contributed by atoms with E-state index < -0.39 is 0 Å². The van der Waals surface area contributed by atoms with E-state index in [0.29, 0.717) is 0 Å². The van der Waals surface area contributed by atoms with Gasteiger partial charge in [-0.2, -0.15) is 0 Å². The minimum Gasteiger partial charge on any atom is -0.309 e. The molecule has 0 bridgehead atoms. The predicted molar refractivity (Wildman–Crippen MR) is 344 cm³/mol. The normalized spacial score (nSPS) is 14.0.